The van der Waals surface area contributed by atoms with Gasteiger partial charge in [0.15, 0.2) is 5.78 Å². The second-order valence-electron chi connectivity index (χ2n) is 9.76. The summed E-state index contributed by atoms with van der Waals surface area (Å²) in [7, 11) is 0. The first-order chi connectivity index (χ1) is 15.4. The molecule has 2 aromatic carbocycles. The summed E-state index contributed by atoms with van der Waals surface area (Å²) in [6, 6.07) is 7.57. The van der Waals surface area contributed by atoms with Crippen LogP contribution in [-0.2, 0) is 11.2 Å². The number of halogens is 3. The quantitative estimate of drug-likeness (QED) is 0.450. The van der Waals surface area contributed by atoms with Crippen molar-refractivity contribution in [1.82, 2.24) is 9.88 Å². The number of carbonyl (C=O) groups is 1. The molecule has 33 heavy (non-hydrogen) atoms. The zero-order valence-electron chi connectivity index (χ0n) is 19.6. The van der Waals surface area contributed by atoms with E-state index in [1.165, 1.54) is 45.1 Å². The molecule has 0 fully saturated rings. The molecule has 174 valence electrons. The number of nitrogens with zero attached hydrogens (tertiary/aromatic N) is 1. The van der Waals surface area contributed by atoms with Gasteiger partial charge in [-0.1, -0.05) is 18.2 Å². The smallest absolute Gasteiger partial charge is 0.152 e. The normalized spacial score (nSPS) is 19.4. The Morgan fingerprint density at radius 1 is 1.21 bits per heavy atom. The van der Waals surface area contributed by atoms with Crippen LogP contribution >= 0.6 is 0 Å². The van der Waals surface area contributed by atoms with Gasteiger partial charge in [0.1, 0.15) is 17.3 Å². The Labute approximate surface area is 192 Å². The number of H-pyrrole nitrogens is 1. The first-order valence-electron chi connectivity index (χ1n) is 11.2. The lowest BCUT2D eigenvalue weighted by atomic mass is 9.86. The van der Waals surface area contributed by atoms with E-state index in [1.807, 2.05) is 36.9 Å². The minimum absolute atomic E-state index is 0.0253. The van der Waals surface area contributed by atoms with Crippen LogP contribution in [0.25, 0.3) is 17.0 Å². The molecule has 2 atom stereocenters. The monoisotopic (exact) mass is 454 g/mol. The van der Waals surface area contributed by atoms with Crippen LogP contribution in [0.3, 0.4) is 0 Å². The van der Waals surface area contributed by atoms with Crippen LogP contribution in [0, 0.1) is 18.6 Å². The number of aryl methyl sites for hydroxylation is 1. The summed E-state index contributed by atoms with van der Waals surface area (Å²) in [6.45, 7) is 8.30. The molecule has 0 amide bonds. The van der Waals surface area contributed by atoms with Gasteiger partial charge in [0.2, 0.25) is 0 Å². The standard InChI is InChI=1S/C27H29F3N2O/c1-15-6-9-19-20-11-16(2)32(14-27(4,5)30)26(25(20)31-23(19)10-15)24-21(28)12-18(13-22(24)29)8-7-17(3)33/h6-10,12-13,16,26,31H,11,14H2,1-5H3/b8-7+. The molecule has 1 aliphatic heterocycles. The van der Waals surface area contributed by atoms with Gasteiger partial charge in [-0.15, -0.1) is 0 Å². The van der Waals surface area contributed by atoms with Crippen molar-refractivity contribution in [2.75, 3.05) is 6.54 Å². The number of alkyl halides is 1. The maximum absolute atomic E-state index is 15.5. The van der Waals surface area contributed by atoms with E-state index >= 15 is 8.78 Å². The summed E-state index contributed by atoms with van der Waals surface area (Å²) < 4.78 is 45.8. The minimum atomic E-state index is -1.55. The van der Waals surface area contributed by atoms with Crippen LogP contribution in [0.5, 0.6) is 0 Å². The SMILES string of the molecule is CC(=O)/C=C/c1cc(F)c(C2c3[nH]c4cc(C)ccc4c3CC(C)N2CC(C)(C)F)c(F)c1. The predicted octanol–water partition coefficient (Wildman–Crippen LogP) is 6.44. The molecule has 2 unspecified atom stereocenters. The largest absolute Gasteiger partial charge is 0.357 e. The number of aromatic amines is 1. The average Bonchev–Trinajstić information content (AvgIpc) is 3.04. The summed E-state index contributed by atoms with van der Waals surface area (Å²) in [4.78, 5) is 16.5. The van der Waals surface area contributed by atoms with Crippen LogP contribution in [0.2, 0.25) is 0 Å². The fourth-order valence-electron chi connectivity index (χ4n) is 4.84. The van der Waals surface area contributed by atoms with E-state index in [4.69, 9.17) is 0 Å². The van der Waals surface area contributed by atoms with Crippen molar-refractivity contribution < 1.29 is 18.0 Å². The molecule has 4 rings (SSSR count). The Balaban J connectivity index is 1.93. The van der Waals surface area contributed by atoms with Gasteiger partial charge in [-0.05, 0) is 82.0 Å². The van der Waals surface area contributed by atoms with Gasteiger partial charge in [-0.3, -0.25) is 9.69 Å². The molecular formula is C27H29F3N2O. The lowest BCUT2D eigenvalue weighted by molar-refractivity contribution is -0.112. The molecule has 1 N–H and O–H groups in total. The maximum Gasteiger partial charge on any atom is 0.152 e. The molecule has 0 radical (unpaired) electrons. The average molecular weight is 455 g/mol. The highest BCUT2D eigenvalue weighted by Crippen LogP contribution is 2.43. The fraction of sp³-hybridized carbons (Fsp3) is 0.370. The minimum Gasteiger partial charge on any atom is -0.357 e. The van der Waals surface area contributed by atoms with Gasteiger partial charge in [0.25, 0.3) is 0 Å². The lowest BCUT2D eigenvalue weighted by Crippen LogP contribution is -2.48. The number of benzene rings is 2. The first-order valence-corrected chi connectivity index (χ1v) is 11.2. The highest BCUT2D eigenvalue weighted by molar-refractivity contribution is 5.91. The van der Waals surface area contributed by atoms with Crippen LogP contribution in [-0.4, -0.2) is 33.9 Å². The number of aromatic nitrogens is 1. The second-order valence-corrected chi connectivity index (χ2v) is 9.76. The van der Waals surface area contributed by atoms with Crippen LogP contribution < -0.4 is 0 Å². The molecule has 0 aliphatic carbocycles. The van der Waals surface area contributed by atoms with Gasteiger partial charge < -0.3 is 4.98 Å². The van der Waals surface area contributed by atoms with E-state index in [1.54, 1.807) is 0 Å². The fourth-order valence-corrected chi connectivity index (χ4v) is 4.84. The zero-order valence-corrected chi connectivity index (χ0v) is 19.6. The molecule has 0 bridgehead atoms. The topological polar surface area (TPSA) is 36.1 Å². The molecule has 3 nitrogen and oxygen atoms in total. The van der Waals surface area contributed by atoms with Gasteiger partial charge in [0, 0.05) is 34.7 Å². The van der Waals surface area contributed by atoms with E-state index in [0.717, 1.165) is 22.0 Å². The Kier molecular flexibility index (Phi) is 5.99. The number of carbonyl (C=O) groups excluding carboxylic acids is 1. The summed E-state index contributed by atoms with van der Waals surface area (Å²) in [6.07, 6.45) is 3.31. The van der Waals surface area contributed by atoms with E-state index in [0.29, 0.717) is 12.1 Å². The molecule has 6 heteroatoms. The van der Waals surface area contributed by atoms with Crippen molar-refractivity contribution in [2.24, 2.45) is 0 Å². The van der Waals surface area contributed by atoms with E-state index in [2.05, 4.69) is 4.98 Å². The number of rotatable bonds is 5. The third-order valence-corrected chi connectivity index (χ3v) is 6.21. The Morgan fingerprint density at radius 3 is 2.48 bits per heavy atom. The molecular weight excluding hydrogens is 425 g/mol. The molecule has 0 saturated carbocycles. The van der Waals surface area contributed by atoms with Crippen molar-refractivity contribution in [3.05, 3.63) is 76.0 Å². The molecule has 0 spiro atoms. The molecule has 1 aromatic heterocycles. The van der Waals surface area contributed by atoms with Crippen LogP contribution in [0.1, 0.15) is 61.7 Å². The maximum atomic E-state index is 15.5. The molecule has 1 aliphatic rings. The van der Waals surface area contributed by atoms with Gasteiger partial charge in [-0.2, -0.15) is 0 Å². The highest BCUT2D eigenvalue weighted by Gasteiger charge is 2.40. The molecule has 0 saturated heterocycles. The van der Waals surface area contributed by atoms with E-state index in [-0.39, 0.29) is 29.5 Å². The highest BCUT2D eigenvalue weighted by atomic mass is 19.1. The number of nitrogens with one attached hydrogen (secondary N) is 1. The number of hydrogen-bond donors (Lipinski definition) is 1. The molecule has 3 aromatic rings. The summed E-state index contributed by atoms with van der Waals surface area (Å²) in [5.41, 5.74) is 2.28. The van der Waals surface area contributed by atoms with Gasteiger partial charge in [-0.25, -0.2) is 13.2 Å². The third-order valence-electron chi connectivity index (χ3n) is 6.21. The van der Waals surface area contributed by atoms with E-state index < -0.39 is 23.3 Å². The zero-order chi connectivity index (χ0) is 24.1. The van der Waals surface area contributed by atoms with Crippen molar-refractivity contribution in [3.8, 4) is 0 Å². The van der Waals surface area contributed by atoms with Gasteiger partial charge in [0.05, 0.1) is 6.04 Å². The summed E-state index contributed by atoms with van der Waals surface area (Å²) in [5, 5.41) is 1.02. The first kappa shape index (κ1) is 23.3. The lowest BCUT2D eigenvalue weighted by Gasteiger charge is -2.43. The van der Waals surface area contributed by atoms with Gasteiger partial charge >= 0.3 is 0 Å². The van der Waals surface area contributed by atoms with Crippen molar-refractivity contribution in [2.45, 2.75) is 58.8 Å². The number of allylic oxidation sites excluding steroid dienone is 1. The second kappa shape index (κ2) is 8.49. The van der Waals surface area contributed by atoms with Crippen molar-refractivity contribution in [1.29, 1.82) is 0 Å². The molecule has 2 heterocycles. The number of ketones is 1. The summed E-state index contributed by atoms with van der Waals surface area (Å²) >= 11 is 0. The number of hydrogen-bond acceptors (Lipinski definition) is 2. The Morgan fingerprint density at radius 2 is 1.88 bits per heavy atom. The Bertz CT molecular complexity index is 1230. The summed E-state index contributed by atoms with van der Waals surface area (Å²) in [5.74, 6) is -1.66. The van der Waals surface area contributed by atoms with Crippen molar-refractivity contribution >= 4 is 22.8 Å². The Hall–Kier alpha value is -2.86. The third kappa shape index (κ3) is 4.62. The van der Waals surface area contributed by atoms with Crippen molar-refractivity contribution in [3.63, 3.8) is 0 Å². The van der Waals surface area contributed by atoms with E-state index in [9.17, 15) is 9.18 Å². The van der Waals surface area contributed by atoms with Crippen LogP contribution in [0.15, 0.2) is 36.4 Å². The predicted molar refractivity (Wildman–Crippen MR) is 126 cm³/mol. The number of fused-ring (bicyclic) bond motifs is 3. The van der Waals surface area contributed by atoms with Crippen LogP contribution in [0.4, 0.5) is 13.2 Å².